The highest BCUT2D eigenvalue weighted by atomic mass is 16.3. The van der Waals surface area contributed by atoms with E-state index in [9.17, 15) is 5.11 Å². The summed E-state index contributed by atoms with van der Waals surface area (Å²) in [5, 5.41) is 18.8. The van der Waals surface area contributed by atoms with Crippen LogP contribution in [-0.4, -0.2) is 5.11 Å². The van der Waals surface area contributed by atoms with Gasteiger partial charge in [0.15, 0.2) is 0 Å². The van der Waals surface area contributed by atoms with Gasteiger partial charge in [0.05, 0.1) is 17.2 Å². The molecular weight excluding hydrogens is 174 g/mol. The normalized spacial score (nSPS) is 17.6. The Morgan fingerprint density at radius 3 is 2.50 bits per heavy atom. The molecule has 0 unspecified atom stereocenters. The highest BCUT2D eigenvalue weighted by Gasteiger charge is 2.43. The molecule has 1 aromatic carbocycles. The SMILES string of the molecule is Cc1cc(C#N)cc(C2(O)CC2)c1C. The van der Waals surface area contributed by atoms with Crippen molar-refractivity contribution in [3.63, 3.8) is 0 Å². The molecule has 1 saturated carbocycles. The van der Waals surface area contributed by atoms with Crippen LogP contribution < -0.4 is 0 Å². The average Bonchev–Trinajstić information content (AvgIpc) is 2.89. The predicted molar refractivity (Wildman–Crippen MR) is 53.8 cm³/mol. The lowest BCUT2D eigenvalue weighted by molar-refractivity contribution is 0.150. The molecule has 0 saturated heterocycles. The highest BCUT2D eigenvalue weighted by molar-refractivity contribution is 5.46. The summed E-state index contributed by atoms with van der Waals surface area (Å²) in [7, 11) is 0. The second-order valence-electron chi connectivity index (χ2n) is 4.11. The predicted octanol–water partition coefficient (Wildman–Crippen LogP) is 2.16. The molecule has 0 aromatic heterocycles. The van der Waals surface area contributed by atoms with Crippen molar-refractivity contribution in [3.05, 3.63) is 34.4 Å². The van der Waals surface area contributed by atoms with Crippen molar-refractivity contribution in [1.29, 1.82) is 5.26 Å². The Bertz CT molecular complexity index is 425. The molecule has 0 heterocycles. The van der Waals surface area contributed by atoms with Gasteiger partial charge in [-0.05, 0) is 55.5 Å². The molecule has 1 N–H and O–H groups in total. The summed E-state index contributed by atoms with van der Waals surface area (Å²) in [6, 6.07) is 5.80. The summed E-state index contributed by atoms with van der Waals surface area (Å²) >= 11 is 0. The minimum Gasteiger partial charge on any atom is -0.385 e. The topological polar surface area (TPSA) is 44.0 Å². The van der Waals surface area contributed by atoms with Crippen LogP contribution in [0.4, 0.5) is 0 Å². The van der Waals surface area contributed by atoms with Crippen LogP contribution in [0.25, 0.3) is 0 Å². The summed E-state index contributed by atoms with van der Waals surface area (Å²) in [5.74, 6) is 0. The molecule has 1 aliphatic rings. The second kappa shape index (κ2) is 2.83. The summed E-state index contributed by atoms with van der Waals surface area (Å²) in [6.45, 7) is 3.98. The standard InChI is InChI=1S/C12H13NO/c1-8-5-10(7-13)6-11(9(8)2)12(14)3-4-12/h5-6,14H,3-4H2,1-2H3. The lowest BCUT2D eigenvalue weighted by Gasteiger charge is -2.14. The van der Waals surface area contributed by atoms with Crippen molar-refractivity contribution in [3.8, 4) is 6.07 Å². The number of hydrogen-bond acceptors (Lipinski definition) is 2. The molecule has 2 nitrogen and oxygen atoms in total. The van der Waals surface area contributed by atoms with E-state index >= 15 is 0 Å². The quantitative estimate of drug-likeness (QED) is 0.732. The number of nitriles is 1. The zero-order valence-electron chi connectivity index (χ0n) is 8.46. The Labute approximate surface area is 83.8 Å². The fourth-order valence-electron chi connectivity index (χ4n) is 1.79. The van der Waals surface area contributed by atoms with Gasteiger partial charge < -0.3 is 5.11 Å². The van der Waals surface area contributed by atoms with Gasteiger partial charge in [-0.3, -0.25) is 0 Å². The Balaban J connectivity index is 2.59. The lowest BCUT2D eigenvalue weighted by Crippen LogP contribution is -2.08. The number of rotatable bonds is 1. The van der Waals surface area contributed by atoms with Crippen molar-refractivity contribution in [2.45, 2.75) is 32.3 Å². The molecule has 1 aromatic rings. The third kappa shape index (κ3) is 1.30. The molecule has 0 bridgehead atoms. The molecule has 0 amide bonds. The van der Waals surface area contributed by atoms with E-state index in [-0.39, 0.29) is 0 Å². The molecule has 0 aliphatic heterocycles. The molecule has 0 spiro atoms. The first-order valence-electron chi connectivity index (χ1n) is 4.81. The zero-order chi connectivity index (χ0) is 10.3. The molecule has 2 heteroatoms. The molecule has 14 heavy (non-hydrogen) atoms. The van der Waals surface area contributed by atoms with Crippen LogP contribution in [0.1, 0.15) is 35.1 Å². The van der Waals surface area contributed by atoms with Gasteiger partial charge in [0, 0.05) is 0 Å². The lowest BCUT2D eigenvalue weighted by atomic mass is 9.95. The summed E-state index contributed by atoms with van der Waals surface area (Å²) in [5.41, 5.74) is 3.14. The van der Waals surface area contributed by atoms with Crippen molar-refractivity contribution in [2.75, 3.05) is 0 Å². The van der Waals surface area contributed by atoms with Crippen LogP contribution in [0.5, 0.6) is 0 Å². The molecular formula is C12H13NO. The van der Waals surface area contributed by atoms with Gasteiger partial charge >= 0.3 is 0 Å². The van der Waals surface area contributed by atoms with Crippen molar-refractivity contribution >= 4 is 0 Å². The third-order valence-corrected chi connectivity index (χ3v) is 3.02. The van der Waals surface area contributed by atoms with Gasteiger partial charge in [-0.25, -0.2) is 0 Å². The maximum Gasteiger partial charge on any atom is 0.0991 e. The van der Waals surface area contributed by atoms with Gasteiger partial charge in [0.2, 0.25) is 0 Å². The fourth-order valence-corrected chi connectivity index (χ4v) is 1.79. The Morgan fingerprint density at radius 2 is 2.00 bits per heavy atom. The second-order valence-corrected chi connectivity index (χ2v) is 4.11. The largest absolute Gasteiger partial charge is 0.385 e. The fraction of sp³-hybridized carbons (Fsp3) is 0.417. The van der Waals surface area contributed by atoms with Crippen LogP contribution >= 0.6 is 0 Å². The molecule has 2 rings (SSSR count). The number of aliphatic hydroxyl groups is 1. The van der Waals surface area contributed by atoms with Crippen LogP contribution in [0.15, 0.2) is 12.1 Å². The minimum atomic E-state index is -0.637. The maximum absolute atomic E-state index is 10.0. The Hall–Kier alpha value is -1.33. The third-order valence-electron chi connectivity index (χ3n) is 3.02. The first-order valence-corrected chi connectivity index (χ1v) is 4.81. The number of hydrogen-bond donors (Lipinski definition) is 1. The van der Waals surface area contributed by atoms with Crippen LogP contribution in [0.3, 0.4) is 0 Å². The zero-order valence-corrected chi connectivity index (χ0v) is 8.46. The van der Waals surface area contributed by atoms with Crippen molar-refractivity contribution in [2.24, 2.45) is 0 Å². The van der Waals surface area contributed by atoms with Gasteiger partial charge in [0.1, 0.15) is 0 Å². The van der Waals surface area contributed by atoms with Crippen LogP contribution in [-0.2, 0) is 5.60 Å². The number of nitrogens with zero attached hydrogens (tertiary/aromatic N) is 1. The minimum absolute atomic E-state index is 0.637. The van der Waals surface area contributed by atoms with E-state index in [1.54, 1.807) is 0 Å². The van der Waals surface area contributed by atoms with Gasteiger partial charge in [-0.2, -0.15) is 5.26 Å². The molecule has 0 radical (unpaired) electrons. The van der Waals surface area contributed by atoms with E-state index in [0.717, 1.165) is 29.5 Å². The Kier molecular flexibility index (Phi) is 1.87. The van der Waals surface area contributed by atoms with E-state index in [1.165, 1.54) is 0 Å². The van der Waals surface area contributed by atoms with Crippen molar-refractivity contribution in [1.82, 2.24) is 0 Å². The molecule has 72 valence electrons. The first-order chi connectivity index (χ1) is 6.57. The van der Waals surface area contributed by atoms with Gasteiger partial charge in [-0.15, -0.1) is 0 Å². The average molecular weight is 187 g/mol. The van der Waals surface area contributed by atoms with E-state index in [4.69, 9.17) is 5.26 Å². The van der Waals surface area contributed by atoms with Gasteiger partial charge in [-0.1, -0.05) is 0 Å². The summed E-state index contributed by atoms with van der Waals surface area (Å²) in [6.07, 6.45) is 1.64. The number of benzene rings is 1. The van der Waals surface area contributed by atoms with E-state index in [0.29, 0.717) is 5.56 Å². The smallest absolute Gasteiger partial charge is 0.0991 e. The van der Waals surface area contributed by atoms with Gasteiger partial charge in [0.25, 0.3) is 0 Å². The van der Waals surface area contributed by atoms with Crippen molar-refractivity contribution < 1.29 is 5.11 Å². The summed E-state index contributed by atoms with van der Waals surface area (Å²) < 4.78 is 0. The molecule has 0 atom stereocenters. The monoisotopic (exact) mass is 187 g/mol. The van der Waals surface area contributed by atoms with Crippen LogP contribution in [0, 0.1) is 25.2 Å². The van der Waals surface area contributed by atoms with Crippen LogP contribution in [0.2, 0.25) is 0 Å². The maximum atomic E-state index is 10.0. The Morgan fingerprint density at radius 1 is 1.36 bits per heavy atom. The van der Waals surface area contributed by atoms with E-state index in [2.05, 4.69) is 6.07 Å². The highest BCUT2D eigenvalue weighted by Crippen LogP contribution is 2.47. The molecule has 1 aliphatic carbocycles. The van der Waals surface area contributed by atoms with E-state index < -0.39 is 5.60 Å². The van der Waals surface area contributed by atoms with E-state index in [1.807, 2.05) is 26.0 Å². The first kappa shape index (κ1) is 9.23. The summed E-state index contributed by atoms with van der Waals surface area (Å²) in [4.78, 5) is 0. The number of aryl methyl sites for hydroxylation is 1. The molecule has 1 fully saturated rings.